The number of rotatable bonds is 4. The summed E-state index contributed by atoms with van der Waals surface area (Å²) in [5.41, 5.74) is 1.06. The predicted octanol–water partition coefficient (Wildman–Crippen LogP) is 0.903. The van der Waals surface area contributed by atoms with Crippen LogP contribution >= 0.6 is 0 Å². The van der Waals surface area contributed by atoms with Crippen molar-refractivity contribution in [3.05, 3.63) is 17.8 Å². The summed E-state index contributed by atoms with van der Waals surface area (Å²) in [5, 5.41) is 6.48. The lowest BCUT2D eigenvalue weighted by atomic mass is 10.00. The molecule has 1 fully saturated rings. The molecule has 1 saturated heterocycles. The first-order chi connectivity index (χ1) is 7.40. The lowest BCUT2D eigenvalue weighted by Crippen LogP contribution is -2.28. The standard InChI is InChI=1S/C11H19N3O/c1-12-6-4-10-8-15-11(14-10)9-3-2-5-13-7-9/h8-9,12-13H,2-7H2,1H3. The zero-order valence-corrected chi connectivity index (χ0v) is 9.25. The zero-order valence-electron chi connectivity index (χ0n) is 9.25. The molecule has 84 valence electrons. The van der Waals surface area contributed by atoms with Crippen molar-refractivity contribution in [2.24, 2.45) is 0 Å². The fourth-order valence-electron chi connectivity index (χ4n) is 1.94. The van der Waals surface area contributed by atoms with Crippen molar-refractivity contribution >= 4 is 0 Å². The van der Waals surface area contributed by atoms with Gasteiger partial charge in [0.15, 0.2) is 5.89 Å². The van der Waals surface area contributed by atoms with Crippen LogP contribution in [0.4, 0.5) is 0 Å². The molecule has 0 bridgehead atoms. The summed E-state index contributed by atoms with van der Waals surface area (Å²) in [6.07, 6.45) is 5.15. The lowest BCUT2D eigenvalue weighted by Gasteiger charge is -2.19. The molecule has 1 atom stereocenters. The molecule has 0 radical (unpaired) electrons. The van der Waals surface area contributed by atoms with Crippen LogP contribution < -0.4 is 10.6 Å². The third-order valence-corrected chi connectivity index (χ3v) is 2.85. The number of nitrogens with one attached hydrogen (secondary N) is 2. The van der Waals surface area contributed by atoms with Gasteiger partial charge in [-0.05, 0) is 26.4 Å². The maximum Gasteiger partial charge on any atom is 0.198 e. The van der Waals surface area contributed by atoms with Gasteiger partial charge >= 0.3 is 0 Å². The quantitative estimate of drug-likeness (QED) is 0.773. The Morgan fingerprint density at radius 1 is 1.67 bits per heavy atom. The van der Waals surface area contributed by atoms with Gasteiger partial charge in [0.25, 0.3) is 0 Å². The van der Waals surface area contributed by atoms with Crippen molar-refractivity contribution < 1.29 is 4.42 Å². The maximum absolute atomic E-state index is 5.52. The maximum atomic E-state index is 5.52. The van der Waals surface area contributed by atoms with Gasteiger partial charge in [0.05, 0.1) is 5.69 Å². The smallest absolute Gasteiger partial charge is 0.198 e. The largest absolute Gasteiger partial charge is 0.448 e. The molecule has 0 spiro atoms. The van der Waals surface area contributed by atoms with Crippen LogP contribution in [0.3, 0.4) is 0 Å². The van der Waals surface area contributed by atoms with E-state index in [4.69, 9.17) is 4.42 Å². The number of oxazole rings is 1. The van der Waals surface area contributed by atoms with Crippen LogP contribution in [0.5, 0.6) is 0 Å². The summed E-state index contributed by atoms with van der Waals surface area (Å²) in [6.45, 7) is 3.09. The van der Waals surface area contributed by atoms with Gasteiger partial charge < -0.3 is 15.1 Å². The molecule has 2 rings (SSSR count). The number of hydrogen-bond donors (Lipinski definition) is 2. The highest BCUT2D eigenvalue weighted by molar-refractivity contribution is 5.02. The molecular formula is C11H19N3O. The van der Waals surface area contributed by atoms with E-state index in [0.717, 1.165) is 37.6 Å². The van der Waals surface area contributed by atoms with Gasteiger partial charge in [-0.1, -0.05) is 0 Å². The second-order valence-electron chi connectivity index (χ2n) is 4.07. The van der Waals surface area contributed by atoms with Gasteiger partial charge in [0, 0.05) is 25.4 Å². The first-order valence-corrected chi connectivity index (χ1v) is 5.70. The molecule has 1 aromatic rings. The van der Waals surface area contributed by atoms with Crippen LogP contribution in [0, 0.1) is 0 Å². The van der Waals surface area contributed by atoms with Crippen molar-refractivity contribution in [1.29, 1.82) is 0 Å². The minimum Gasteiger partial charge on any atom is -0.448 e. The minimum absolute atomic E-state index is 0.474. The second kappa shape index (κ2) is 5.28. The molecule has 2 N–H and O–H groups in total. The van der Waals surface area contributed by atoms with Gasteiger partial charge in [-0.15, -0.1) is 0 Å². The van der Waals surface area contributed by atoms with E-state index in [2.05, 4.69) is 15.6 Å². The number of nitrogens with zero attached hydrogens (tertiary/aromatic N) is 1. The molecule has 1 aromatic heterocycles. The van der Waals surface area contributed by atoms with Gasteiger partial charge in [0.1, 0.15) is 6.26 Å². The third kappa shape index (κ3) is 2.79. The molecule has 4 heteroatoms. The Labute approximate surface area is 90.5 Å². The fraction of sp³-hybridized carbons (Fsp3) is 0.727. The van der Waals surface area contributed by atoms with Crippen molar-refractivity contribution in [3.8, 4) is 0 Å². The summed E-state index contributed by atoms with van der Waals surface area (Å²) in [7, 11) is 1.95. The van der Waals surface area contributed by atoms with Gasteiger partial charge in [-0.3, -0.25) is 0 Å². The van der Waals surface area contributed by atoms with Crippen molar-refractivity contribution in [2.45, 2.75) is 25.2 Å². The number of hydrogen-bond acceptors (Lipinski definition) is 4. The van der Waals surface area contributed by atoms with Gasteiger partial charge in [0.2, 0.25) is 0 Å². The molecular weight excluding hydrogens is 190 g/mol. The Hall–Kier alpha value is -0.870. The molecule has 0 amide bonds. The van der Waals surface area contributed by atoms with E-state index in [9.17, 15) is 0 Å². The topological polar surface area (TPSA) is 50.1 Å². The van der Waals surface area contributed by atoms with E-state index in [1.165, 1.54) is 12.8 Å². The molecule has 0 saturated carbocycles. The molecule has 4 nitrogen and oxygen atoms in total. The Bertz CT molecular complexity index is 292. The van der Waals surface area contributed by atoms with Crippen molar-refractivity contribution in [2.75, 3.05) is 26.7 Å². The summed E-state index contributed by atoms with van der Waals surface area (Å²) in [5.74, 6) is 1.38. The van der Waals surface area contributed by atoms with Crippen molar-refractivity contribution in [1.82, 2.24) is 15.6 Å². The molecule has 1 aliphatic heterocycles. The SMILES string of the molecule is CNCCc1coc(C2CCCNC2)n1. The van der Waals surface area contributed by atoms with Crippen LogP contribution in [-0.4, -0.2) is 31.7 Å². The van der Waals surface area contributed by atoms with Crippen molar-refractivity contribution in [3.63, 3.8) is 0 Å². The molecule has 0 aliphatic carbocycles. The average Bonchev–Trinajstić information content (AvgIpc) is 2.76. The number of aromatic nitrogens is 1. The van der Waals surface area contributed by atoms with Crippen LogP contribution in [0.25, 0.3) is 0 Å². The number of piperidine rings is 1. The Balaban J connectivity index is 1.93. The summed E-state index contributed by atoms with van der Waals surface area (Å²) >= 11 is 0. The van der Waals surface area contributed by atoms with Gasteiger partial charge in [-0.2, -0.15) is 0 Å². The lowest BCUT2D eigenvalue weighted by molar-refractivity contribution is 0.376. The molecule has 2 heterocycles. The molecule has 0 aromatic carbocycles. The minimum atomic E-state index is 0.474. The molecule has 1 aliphatic rings. The normalized spacial score (nSPS) is 21.8. The van der Waals surface area contributed by atoms with E-state index in [1.807, 2.05) is 7.05 Å². The highest BCUT2D eigenvalue weighted by Crippen LogP contribution is 2.22. The molecule has 15 heavy (non-hydrogen) atoms. The second-order valence-corrected chi connectivity index (χ2v) is 4.07. The van der Waals surface area contributed by atoms with E-state index in [-0.39, 0.29) is 0 Å². The predicted molar refractivity (Wildman–Crippen MR) is 59.0 cm³/mol. The number of likely N-dealkylation sites (N-methyl/N-ethyl adjacent to an activating group) is 1. The Morgan fingerprint density at radius 3 is 3.33 bits per heavy atom. The third-order valence-electron chi connectivity index (χ3n) is 2.85. The molecule has 1 unspecified atom stereocenters. The zero-order chi connectivity index (χ0) is 10.5. The van der Waals surface area contributed by atoms with E-state index < -0.39 is 0 Å². The summed E-state index contributed by atoms with van der Waals surface area (Å²) in [6, 6.07) is 0. The summed E-state index contributed by atoms with van der Waals surface area (Å²) < 4.78 is 5.52. The first kappa shape index (κ1) is 10.6. The highest BCUT2D eigenvalue weighted by Gasteiger charge is 2.19. The van der Waals surface area contributed by atoms with E-state index in [0.29, 0.717) is 5.92 Å². The van der Waals surface area contributed by atoms with Crippen LogP contribution in [-0.2, 0) is 6.42 Å². The Morgan fingerprint density at radius 2 is 2.60 bits per heavy atom. The Kier molecular flexibility index (Phi) is 3.75. The van der Waals surface area contributed by atoms with Crippen LogP contribution in [0.15, 0.2) is 10.7 Å². The highest BCUT2D eigenvalue weighted by atomic mass is 16.3. The van der Waals surface area contributed by atoms with E-state index in [1.54, 1.807) is 6.26 Å². The summed E-state index contributed by atoms with van der Waals surface area (Å²) in [4.78, 5) is 4.52. The van der Waals surface area contributed by atoms with Crippen LogP contribution in [0.1, 0.15) is 30.3 Å². The van der Waals surface area contributed by atoms with Gasteiger partial charge in [-0.25, -0.2) is 4.98 Å². The first-order valence-electron chi connectivity index (χ1n) is 5.70. The monoisotopic (exact) mass is 209 g/mol. The van der Waals surface area contributed by atoms with E-state index >= 15 is 0 Å². The average molecular weight is 209 g/mol. The van der Waals surface area contributed by atoms with Crippen LogP contribution in [0.2, 0.25) is 0 Å². The fourth-order valence-corrected chi connectivity index (χ4v) is 1.94.